The van der Waals surface area contributed by atoms with E-state index in [0.717, 1.165) is 29.8 Å². The SMILES string of the molecule is CN(CC(=O)Nc1cc(S(=O)(=O)N2CCCCC2)ccc1N1CCOCC1)S(C)(=O)=O. The van der Waals surface area contributed by atoms with Gasteiger partial charge in [0, 0.05) is 33.2 Å². The van der Waals surface area contributed by atoms with Crippen molar-refractivity contribution in [2.24, 2.45) is 0 Å². The lowest BCUT2D eigenvalue weighted by atomic mass is 10.2. The Kier molecular flexibility index (Phi) is 7.58. The Balaban J connectivity index is 1.91. The Morgan fingerprint density at radius 2 is 1.71 bits per heavy atom. The molecule has 1 aromatic rings. The minimum absolute atomic E-state index is 0.109. The summed E-state index contributed by atoms with van der Waals surface area (Å²) in [5, 5.41) is 2.72. The fourth-order valence-corrected chi connectivity index (χ4v) is 5.51. The van der Waals surface area contributed by atoms with Gasteiger partial charge in [0.1, 0.15) is 0 Å². The van der Waals surface area contributed by atoms with Crippen molar-refractivity contribution in [2.45, 2.75) is 24.2 Å². The summed E-state index contributed by atoms with van der Waals surface area (Å²) in [6.07, 6.45) is 3.68. The van der Waals surface area contributed by atoms with Crippen LogP contribution < -0.4 is 10.2 Å². The van der Waals surface area contributed by atoms with Crippen LogP contribution >= 0.6 is 0 Å². The Labute approximate surface area is 184 Å². The number of piperidine rings is 1. The predicted octanol–water partition coefficient (Wildman–Crippen LogP) is 0.528. The largest absolute Gasteiger partial charge is 0.378 e. The van der Waals surface area contributed by atoms with Crippen molar-refractivity contribution in [2.75, 3.05) is 69.5 Å². The summed E-state index contributed by atoms with van der Waals surface area (Å²) >= 11 is 0. The van der Waals surface area contributed by atoms with Crippen molar-refractivity contribution >= 4 is 37.3 Å². The Morgan fingerprint density at radius 1 is 1.06 bits per heavy atom. The Morgan fingerprint density at radius 3 is 2.32 bits per heavy atom. The molecule has 3 rings (SSSR count). The summed E-state index contributed by atoms with van der Waals surface area (Å²) < 4.78 is 57.3. The lowest BCUT2D eigenvalue weighted by Gasteiger charge is -2.31. The molecule has 2 fully saturated rings. The van der Waals surface area contributed by atoms with E-state index in [1.165, 1.54) is 17.4 Å². The second kappa shape index (κ2) is 9.82. The smallest absolute Gasteiger partial charge is 0.243 e. The van der Waals surface area contributed by atoms with Gasteiger partial charge in [0.05, 0.1) is 42.3 Å². The zero-order valence-corrected chi connectivity index (χ0v) is 19.5. The van der Waals surface area contributed by atoms with Crippen molar-refractivity contribution < 1.29 is 26.4 Å². The van der Waals surface area contributed by atoms with E-state index in [1.54, 1.807) is 12.1 Å². The zero-order chi connectivity index (χ0) is 22.6. The molecule has 31 heavy (non-hydrogen) atoms. The third kappa shape index (κ3) is 5.95. The van der Waals surface area contributed by atoms with Gasteiger partial charge in [-0.2, -0.15) is 8.61 Å². The van der Waals surface area contributed by atoms with E-state index in [0.29, 0.717) is 50.8 Å². The maximum Gasteiger partial charge on any atom is 0.243 e. The van der Waals surface area contributed by atoms with E-state index in [2.05, 4.69) is 5.32 Å². The normalized spacial score (nSPS) is 18.9. The Hall–Kier alpha value is -1.73. The van der Waals surface area contributed by atoms with Gasteiger partial charge < -0.3 is 15.0 Å². The molecule has 0 saturated carbocycles. The molecule has 2 aliphatic rings. The molecule has 174 valence electrons. The van der Waals surface area contributed by atoms with Gasteiger partial charge in [0.25, 0.3) is 0 Å². The van der Waals surface area contributed by atoms with Crippen LogP contribution in [0.1, 0.15) is 19.3 Å². The predicted molar refractivity (Wildman–Crippen MR) is 118 cm³/mol. The van der Waals surface area contributed by atoms with Crippen LogP contribution in [0.25, 0.3) is 0 Å². The third-order valence-electron chi connectivity index (χ3n) is 5.48. The summed E-state index contributed by atoms with van der Waals surface area (Å²) in [5.74, 6) is -0.546. The molecule has 0 aliphatic carbocycles. The van der Waals surface area contributed by atoms with Crippen LogP contribution in [0.2, 0.25) is 0 Å². The van der Waals surface area contributed by atoms with Gasteiger partial charge in [-0.05, 0) is 31.0 Å². The van der Waals surface area contributed by atoms with Gasteiger partial charge in [-0.15, -0.1) is 0 Å². The van der Waals surface area contributed by atoms with Gasteiger partial charge in [-0.25, -0.2) is 16.8 Å². The Bertz CT molecular complexity index is 1000. The number of ether oxygens (including phenoxy) is 1. The number of morpholine rings is 1. The molecule has 0 unspecified atom stereocenters. The standard InChI is InChI=1S/C19H30N4O6S2/c1-21(30(2,25)26)15-19(24)20-17-14-16(31(27,28)23-8-4-3-5-9-23)6-7-18(17)22-10-12-29-13-11-22/h6-7,14H,3-5,8-13,15H2,1-2H3,(H,20,24). The van der Waals surface area contributed by atoms with Crippen molar-refractivity contribution in [1.29, 1.82) is 0 Å². The maximum absolute atomic E-state index is 13.1. The molecule has 1 aromatic carbocycles. The summed E-state index contributed by atoms with van der Waals surface area (Å²) in [6.45, 7) is 2.85. The molecule has 0 atom stereocenters. The van der Waals surface area contributed by atoms with E-state index in [1.807, 2.05) is 4.90 Å². The second-order valence-electron chi connectivity index (χ2n) is 7.81. The number of nitrogens with one attached hydrogen (secondary N) is 1. The first kappa shape index (κ1) is 23.9. The number of likely N-dealkylation sites (N-methyl/N-ethyl adjacent to an activating group) is 1. The topological polar surface area (TPSA) is 116 Å². The van der Waals surface area contributed by atoms with Crippen molar-refractivity contribution in [3.8, 4) is 0 Å². The highest BCUT2D eigenvalue weighted by Gasteiger charge is 2.28. The van der Waals surface area contributed by atoms with Crippen LogP contribution in [0.5, 0.6) is 0 Å². The van der Waals surface area contributed by atoms with E-state index in [-0.39, 0.29) is 11.4 Å². The van der Waals surface area contributed by atoms with Crippen LogP contribution in [0.4, 0.5) is 11.4 Å². The average Bonchev–Trinajstić information content (AvgIpc) is 2.74. The molecule has 12 heteroatoms. The van der Waals surface area contributed by atoms with Gasteiger partial charge in [0.15, 0.2) is 0 Å². The number of sulfonamides is 2. The van der Waals surface area contributed by atoms with Crippen LogP contribution in [-0.4, -0.2) is 90.6 Å². The molecule has 10 nitrogen and oxygen atoms in total. The van der Waals surface area contributed by atoms with Crippen molar-refractivity contribution in [3.63, 3.8) is 0 Å². The first-order valence-electron chi connectivity index (χ1n) is 10.3. The van der Waals surface area contributed by atoms with Gasteiger partial charge in [-0.1, -0.05) is 6.42 Å². The fourth-order valence-electron chi connectivity index (χ4n) is 3.62. The molecule has 0 radical (unpaired) electrons. The molecule has 1 N–H and O–H groups in total. The van der Waals surface area contributed by atoms with Gasteiger partial charge >= 0.3 is 0 Å². The highest BCUT2D eigenvalue weighted by atomic mass is 32.2. The monoisotopic (exact) mass is 474 g/mol. The minimum Gasteiger partial charge on any atom is -0.378 e. The number of anilines is 2. The maximum atomic E-state index is 13.1. The molecule has 2 heterocycles. The lowest BCUT2D eigenvalue weighted by Crippen LogP contribution is -2.38. The molecule has 0 spiro atoms. The van der Waals surface area contributed by atoms with Gasteiger partial charge in [0.2, 0.25) is 26.0 Å². The average molecular weight is 475 g/mol. The number of amides is 1. The highest BCUT2D eigenvalue weighted by Crippen LogP contribution is 2.31. The number of hydrogen-bond donors (Lipinski definition) is 1. The molecule has 0 aromatic heterocycles. The number of nitrogens with zero attached hydrogens (tertiary/aromatic N) is 3. The van der Waals surface area contributed by atoms with E-state index < -0.39 is 26.0 Å². The zero-order valence-electron chi connectivity index (χ0n) is 17.9. The lowest BCUT2D eigenvalue weighted by molar-refractivity contribution is -0.116. The van der Waals surface area contributed by atoms with E-state index in [4.69, 9.17) is 4.74 Å². The van der Waals surface area contributed by atoms with E-state index in [9.17, 15) is 21.6 Å². The fraction of sp³-hybridized carbons (Fsp3) is 0.632. The number of benzene rings is 1. The quantitative estimate of drug-likeness (QED) is 0.613. The van der Waals surface area contributed by atoms with Crippen LogP contribution in [0.3, 0.4) is 0 Å². The number of carbonyl (C=O) groups is 1. The van der Waals surface area contributed by atoms with E-state index >= 15 is 0 Å². The first-order chi connectivity index (χ1) is 14.6. The van der Waals surface area contributed by atoms with Crippen molar-refractivity contribution in [3.05, 3.63) is 18.2 Å². The molecule has 2 aliphatic heterocycles. The third-order valence-corrected chi connectivity index (χ3v) is 8.64. The summed E-state index contributed by atoms with van der Waals surface area (Å²) in [7, 11) is -5.89. The molecular weight excluding hydrogens is 444 g/mol. The van der Waals surface area contributed by atoms with Crippen LogP contribution in [0.15, 0.2) is 23.1 Å². The minimum atomic E-state index is -3.68. The number of rotatable bonds is 7. The van der Waals surface area contributed by atoms with Crippen molar-refractivity contribution in [1.82, 2.24) is 8.61 Å². The summed E-state index contributed by atoms with van der Waals surface area (Å²) in [4.78, 5) is 14.7. The highest BCUT2D eigenvalue weighted by molar-refractivity contribution is 7.89. The van der Waals surface area contributed by atoms with Crippen LogP contribution in [0, 0.1) is 0 Å². The van der Waals surface area contributed by atoms with Crippen LogP contribution in [-0.2, 0) is 29.6 Å². The summed E-state index contributed by atoms with van der Waals surface area (Å²) in [5.41, 5.74) is 1.02. The molecule has 1 amide bonds. The number of hydrogen-bond acceptors (Lipinski definition) is 7. The molecule has 2 saturated heterocycles. The first-order valence-corrected chi connectivity index (χ1v) is 13.6. The molecular formula is C19H30N4O6S2. The van der Waals surface area contributed by atoms with Gasteiger partial charge in [-0.3, -0.25) is 4.79 Å². The second-order valence-corrected chi connectivity index (χ2v) is 11.8. The molecule has 0 bridgehead atoms. The number of carbonyl (C=O) groups excluding carboxylic acids is 1. The summed E-state index contributed by atoms with van der Waals surface area (Å²) in [6, 6.07) is 4.72.